The van der Waals surface area contributed by atoms with Crippen LogP contribution in [-0.2, 0) is 11.3 Å². The third-order valence-corrected chi connectivity index (χ3v) is 3.96. The zero-order valence-corrected chi connectivity index (χ0v) is 11.9. The number of nitrogens with one attached hydrogen (secondary N) is 2. The molecule has 1 unspecified atom stereocenters. The van der Waals surface area contributed by atoms with Crippen molar-refractivity contribution in [3.8, 4) is 0 Å². The molecule has 1 atom stereocenters. The number of piperazine rings is 1. The summed E-state index contributed by atoms with van der Waals surface area (Å²) >= 11 is 0. The highest BCUT2D eigenvalue weighted by atomic mass is 16.2. The van der Waals surface area contributed by atoms with Crippen LogP contribution in [0.4, 0.5) is 4.79 Å². The molecule has 112 valence electrons. The molecule has 2 heterocycles. The van der Waals surface area contributed by atoms with E-state index in [1.807, 2.05) is 35.2 Å². The Morgan fingerprint density at radius 1 is 1.33 bits per heavy atom. The van der Waals surface area contributed by atoms with Gasteiger partial charge in [-0.2, -0.15) is 0 Å². The van der Waals surface area contributed by atoms with Crippen molar-refractivity contribution >= 4 is 11.9 Å². The van der Waals surface area contributed by atoms with E-state index in [9.17, 15) is 9.59 Å². The first kappa shape index (κ1) is 13.9. The van der Waals surface area contributed by atoms with Crippen molar-refractivity contribution in [2.45, 2.75) is 12.6 Å². The number of benzene rings is 1. The summed E-state index contributed by atoms with van der Waals surface area (Å²) in [5.74, 6) is -0.111. The molecule has 1 aromatic carbocycles. The molecule has 2 saturated heterocycles. The lowest BCUT2D eigenvalue weighted by molar-refractivity contribution is -0.121. The Labute approximate surface area is 124 Å². The quantitative estimate of drug-likeness (QED) is 0.820. The summed E-state index contributed by atoms with van der Waals surface area (Å²) in [5, 5.41) is 6.14. The Morgan fingerprint density at radius 3 is 2.90 bits per heavy atom. The van der Waals surface area contributed by atoms with Crippen molar-refractivity contribution in [2.75, 3.05) is 32.7 Å². The van der Waals surface area contributed by atoms with Gasteiger partial charge in [-0.3, -0.25) is 4.79 Å². The first-order valence-electron chi connectivity index (χ1n) is 7.31. The summed E-state index contributed by atoms with van der Waals surface area (Å²) in [6.45, 7) is 3.63. The van der Waals surface area contributed by atoms with Crippen LogP contribution in [-0.4, -0.2) is 60.5 Å². The lowest BCUT2D eigenvalue weighted by atomic mass is 10.2. The summed E-state index contributed by atoms with van der Waals surface area (Å²) in [5.41, 5.74) is 1.06. The monoisotopic (exact) mass is 288 g/mol. The number of nitrogens with zero attached hydrogens (tertiary/aromatic N) is 2. The summed E-state index contributed by atoms with van der Waals surface area (Å²) in [4.78, 5) is 27.7. The van der Waals surface area contributed by atoms with E-state index >= 15 is 0 Å². The minimum Gasteiger partial charge on any atom is -0.350 e. The maximum Gasteiger partial charge on any atom is 0.320 e. The molecule has 3 rings (SSSR count). The molecule has 0 aromatic heterocycles. The Bertz CT molecular complexity index is 520. The zero-order valence-electron chi connectivity index (χ0n) is 11.9. The Balaban J connectivity index is 1.50. The topological polar surface area (TPSA) is 64.7 Å². The van der Waals surface area contributed by atoms with Crippen LogP contribution in [0.1, 0.15) is 5.56 Å². The van der Waals surface area contributed by atoms with Gasteiger partial charge in [-0.15, -0.1) is 0 Å². The molecule has 1 aromatic rings. The number of amides is 3. The normalized spacial score (nSPS) is 21.3. The molecule has 0 saturated carbocycles. The van der Waals surface area contributed by atoms with Crippen LogP contribution in [0.5, 0.6) is 0 Å². The minimum absolute atomic E-state index is 0.0173. The van der Waals surface area contributed by atoms with Crippen molar-refractivity contribution in [1.29, 1.82) is 0 Å². The third-order valence-electron chi connectivity index (χ3n) is 3.96. The van der Waals surface area contributed by atoms with Gasteiger partial charge in [0.25, 0.3) is 0 Å². The molecule has 0 radical (unpaired) electrons. The first-order chi connectivity index (χ1) is 10.2. The number of carbonyl (C=O) groups is 2. The average molecular weight is 288 g/mol. The molecular formula is C15H20N4O2. The molecule has 2 fully saturated rings. The average Bonchev–Trinajstić information content (AvgIpc) is 2.83. The van der Waals surface area contributed by atoms with E-state index < -0.39 is 0 Å². The van der Waals surface area contributed by atoms with Crippen LogP contribution >= 0.6 is 0 Å². The second kappa shape index (κ2) is 6.13. The zero-order chi connectivity index (χ0) is 14.7. The molecule has 2 N–H and O–H groups in total. The highest BCUT2D eigenvalue weighted by Gasteiger charge is 2.38. The van der Waals surface area contributed by atoms with Gasteiger partial charge in [0.1, 0.15) is 6.54 Å². The van der Waals surface area contributed by atoms with E-state index in [1.54, 1.807) is 4.90 Å². The van der Waals surface area contributed by atoms with Gasteiger partial charge in [0.2, 0.25) is 5.91 Å². The van der Waals surface area contributed by atoms with E-state index in [2.05, 4.69) is 10.6 Å². The molecule has 6 heteroatoms. The number of carbonyl (C=O) groups excluding carboxylic acids is 2. The van der Waals surface area contributed by atoms with Crippen LogP contribution in [0.15, 0.2) is 30.3 Å². The van der Waals surface area contributed by atoms with Gasteiger partial charge < -0.3 is 20.4 Å². The summed E-state index contributed by atoms with van der Waals surface area (Å²) < 4.78 is 0. The maximum absolute atomic E-state index is 12.2. The van der Waals surface area contributed by atoms with Crippen molar-refractivity contribution in [3.05, 3.63) is 35.9 Å². The summed E-state index contributed by atoms with van der Waals surface area (Å²) in [7, 11) is 0. The lowest BCUT2D eigenvalue weighted by Crippen LogP contribution is -2.50. The summed E-state index contributed by atoms with van der Waals surface area (Å²) in [6, 6.07) is 9.94. The minimum atomic E-state index is -0.111. The fraction of sp³-hybridized carbons (Fsp3) is 0.467. The molecule has 0 bridgehead atoms. The van der Waals surface area contributed by atoms with Gasteiger partial charge in [-0.1, -0.05) is 30.3 Å². The third kappa shape index (κ3) is 3.16. The predicted molar refractivity (Wildman–Crippen MR) is 78.6 cm³/mol. The number of rotatable bonds is 4. The van der Waals surface area contributed by atoms with E-state index in [0.29, 0.717) is 13.1 Å². The van der Waals surface area contributed by atoms with Crippen LogP contribution in [0.3, 0.4) is 0 Å². The molecular weight excluding hydrogens is 268 g/mol. The predicted octanol–water partition coefficient (Wildman–Crippen LogP) is 0.0122. The Kier molecular flexibility index (Phi) is 4.06. The van der Waals surface area contributed by atoms with Gasteiger partial charge in [0, 0.05) is 32.7 Å². The van der Waals surface area contributed by atoms with Crippen molar-refractivity contribution < 1.29 is 9.59 Å². The number of fused-ring (bicyclic) bond motifs is 1. The van der Waals surface area contributed by atoms with Crippen LogP contribution in [0.25, 0.3) is 0 Å². The van der Waals surface area contributed by atoms with E-state index in [-0.39, 0.29) is 24.5 Å². The molecule has 6 nitrogen and oxygen atoms in total. The second-order valence-corrected chi connectivity index (χ2v) is 5.48. The number of urea groups is 1. The van der Waals surface area contributed by atoms with Gasteiger partial charge in [-0.05, 0) is 5.56 Å². The molecule has 2 aliphatic rings. The van der Waals surface area contributed by atoms with Gasteiger partial charge in [-0.25, -0.2) is 4.79 Å². The molecule has 2 aliphatic heterocycles. The van der Waals surface area contributed by atoms with E-state index in [4.69, 9.17) is 0 Å². The van der Waals surface area contributed by atoms with Crippen LogP contribution < -0.4 is 10.6 Å². The lowest BCUT2D eigenvalue weighted by Gasteiger charge is -2.28. The van der Waals surface area contributed by atoms with Crippen molar-refractivity contribution in [3.63, 3.8) is 0 Å². The second-order valence-electron chi connectivity index (χ2n) is 5.48. The van der Waals surface area contributed by atoms with Gasteiger partial charge >= 0.3 is 6.03 Å². The van der Waals surface area contributed by atoms with E-state index in [1.165, 1.54) is 0 Å². The van der Waals surface area contributed by atoms with Gasteiger partial charge in [0.15, 0.2) is 0 Å². The van der Waals surface area contributed by atoms with Crippen LogP contribution in [0.2, 0.25) is 0 Å². The smallest absolute Gasteiger partial charge is 0.320 e. The largest absolute Gasteiger partial charge is 0.350 e. The van der Waals surface area contributed by atoms with Gasteiger partial charge in [0.05, 0.1) is 6.04 Å². The summed E-state index contributed by atoms with van der Waals surface area (Å²) in [6.07, 6.45) is 0. The highest BCUT2D eigenvalue weighted by molar-refractivity contribution is 5.85. The maximum atomic E-state index is 12.2. The van der Waals surface area contributed by atoms with E-state index in [0.717, 1.165) is 25.2 Å². The molecule has 3 amide bonds. The number of hydrogen-bond donors (Lipinski definition) is 2. The molecule has 0 aliphatic carbocycles. The fourth-order valence-electron chi connectivity index (χ4n) is 2.85. The Hall–Kier alpha value is -2.08. The standard InChI is InChI=1S/C15H20N4O2/c20-14(17-8-12-4-2-1-3-5-12)11-18-10-13-9-16-6-7-19(13)15(18)21/h1-5,13,16H,6-11H2,(H,17,20). The van der Waals surface area contributed by atoms with Crippen LogP contribution in [0, 0.1) is 0 Å². The molecule has 0 spiro atoms. The van der Waals surface area contributed by atoms with Crippen molar-refractivity contribution in [1.82, 2.24) is 20.4 Å². The van der Waals surface area contributed by atoms with Crippen molar-refractivity contribution in [2.24, 2.45) is 0 Å². The molecule has 21 heavy (non-hydrogen) atoms. The highest BCUT2D eigenvalue weighted by Crippen LogP contribution is 2.16. The Morgan fingerprint density at radius 2 is 2.14 bits per heavy atom. The SMILES string of the molecule is O=C(CN1CC2CNCCN2C1=O)NCc1ccccc1. The fourth-order valence-corrected chi connectivity index (χ4v) is 2.85. The first-order valence-corrected chi connectivity index (χ1v) is 7.31. The number of hydrogen-bond acceptors (Lipinski definition) is 3.